The molecule has 3 aromatic carbocycles. The molecule has 0 radical (unpaired) electrons. The van der Waals surface area contributed by atoms with Gasteiger partial charge in [-0.15, -0.1) is 0 Å². The lowest BCUT2D eigenvalue weighted by Crippen LogP contribution is -2.23. The van der Waals surface area contributed by atoms with Crippen LogP contribution in [0.1, 0.15) is 15.9 Å². The first kappa shape index (κ1) is 21.3. The van der Waals surface area contributed by atoms with E-state index in [4.69, 9.17) is 16.3 Å². The smallest absolute Gasteiger partial charge is 0.253 e. The van der Waals surface area contributed by atoms with Crippen molar-refractivity contribution in [3.8, 4) is 28.5 Å². The third kappa shape index (κ3) is 5.22. The molecule has 0 aliphatic heterocycles. The molecular weight excluding hydrogens is 431 g/mol. The van der Waals surface area contributed by atoms with Crippen LogP contribution in [0, 0.1) is 5.82 Å². The fourth-order valence-electron chi connectivity index (χ4n) is 3.00. The van der Waals surface area contributed by atoms with E-state index in [-0.39, 0.29) is 24.0 Å². The molecule has 5 nitrogen and oxygen atoms in total. The number of carbonyl (C=O) groups excluding carboxylic acids is 1. The summed E-state index contributed by atoms with van der Waals surface area (Å²) in [4.78, 5) is 16.6. The minimum atomic E-state index is -0.299. The number of hydrogen-bond donors (Lipinski definition) is 2. The van der Waals surface area contributed by atoms with E-state index < -0.39 is 0 Å². The summed E-state index contributed by atoms with van der Waals surface area (Å²) < 4.78 is 18.7. The number of benzene rings is 3. The molecule has 0 saturated carbocycles. The third-order valence-electron chi connectivity index (χ3n) is 4.73. The van der Waals surface area contributed by atoms with Gasteiger partial charge in [0, 0.05) is 23.8 Å². The zero-order valence-electron chi connectivity index (χ0n) is 16.8. The van der Waals surface area contributed by atoms with Gasteiger partial charge in [0.25, 0.3) is 5.91 Å². The number of ether oxygens (including phenoxy) is 1. The van der Waals surface area contributed by atoms with Gasteiger partial charge in [0.2, 0.25) is 5.88 Å². The first-order valence-electron chi connectivity index (χ1n) is 9.73. The Hall–Kier alpha value is -3.90. The van der Waals surface area contributed by atoms with Gasteiger partial charge < -0.3 is 15.2 Å². The monoisotopic (exact) mass is 448 g/mol. The van der Waals surface area contributed by atoms with Crippen LogP contribution in [0.25, 0.3) is 11.1 Å². The number of amides is 1. The summed E-state index contributed by atoms with van der Waals surface area (Å²) in [6.45, 7) is 0.243. The lowest BCUT2D eigenvalue weighted by atomic mass is 10.0. The maximum atomic E-state index is 13.1. The Kier molecular flexibility index (Phi) is 6.33. The zero-order valence-corrected chi connectivity index (χ0v) is 17.5. The molecule has 0 unspecified atom stereocenters. The number of halogens is 2. The summed E-state index contributed by atoms with van der Waals surface area (Å²) in [5, 5.41) is 12.6. The van der Waals surface area contributed by atoms with Crippen molar-refractivity contribution in [2.45, 2.75) is 6.54 Å². The lowest BCUT2D eigenvalue weighted by molar-refractivity contribution is 0.0950. The van der Waals surface area contributed by atoms with Crippen molar-refractivity contribution >= 4 is 17.5 Å². The molecule has 1 aromatic heterocycles. The van der Waals surface area contributed by atoms with Gasteiger partial charge in [0.05, 0.1) is 5.56 Å². The van der Waals surface area contributed by atoms with Gasteiger partial charge in [0.1, 0.15) is 17.3 Å². The second-order valence-corrected chi connectivity index (χ2v) is 7.38. The summed E-state index contributed by atoms with van der Waals surface area (Å²) in [5.41, 5.74) is 2.84. The van der Waals surface area contributed by atoms with Crippen LogP contribution in [0.4, 0.5) is 4.39 Å². The van der Waals surface area contributed by atoms with Crippen LogP contribution >= 0.6 is 11.6 Å². The predicted molar refractivity (Wildman–Crippen MR) is 120 cm³/mol. The molecule has 7 heteroatoms. The largest absolute Gasteiger partial charge is 0.508 e. The van der Waals surface area contributed by atoms with Crippen molar-refractivity contribution in [1.82, 2.24) is 10.3 Å². The third-order valence-corrected chi connectivity index (χ3v) is 5.08. The molecule has 0 spiro atoms. The highest BCUT2D eigenvalue weighted by atomic mass is 35.5. The quantitative estimate of drug-likeness (QED) is 0.381. The SMILES string of the molecule is O=C(NCc1ccc(-c2ccc(F)cc2)cc1Cl)c1ccc(Oc2ccc(O)cc2)nc1. The van der Waals surface area contributed by atoms with Crippen molar-refractivity contribution in [3.05, 3.63) is 107 Å². The highest BCUT2D eigenvalue weighted by Gasteiger charge is 2.10. The normalized spacial score (nSPS) is 10.6. The molecule has 160 valence electrons. The average molecular weight is 449 g/mol. The number of aromatic hydroxyl groups is 1. The second-order valence-electron chi connectivity index (χ2n) is 6.98. The van der Waals surface area contributed by atoms with Crippen LogP contribution in [0.3, 0.4) is 0 Å². The molecule has 0 saturated heterocycles. The molecule has 4 aromatic rings. The van der Waals surface area contributed by atoms with Crippen molar-refractivity contribution in [3.63, 3.8) is 0 Å². The molecule has 4 rings (SSSR count). The van der Waals surface area contributed by atoms with E-state index in [1.165, 1.54) is 30.5 Å². The molecule has 2 N–H and O–H groups in total. The van der Waals surface area contributed by atoms with Gasteiger partial charge in [-0.05, 0) is 65.2 Å². The summed E-state index contributed by atoms with van der Waals surface area (Å²) in [5.74, 6) is 0.390. The Morgan fingerprint density at radius 3 is 2.34 bits per heavy atom. The average Bonchev–Trinajstić information content (AvgIpc) is 2.80. The Morgan fingerprint density at radius 1 is 0.969 bits per heavy atom. The van der Waals surface area contributed by atoms with E-state index in [1.807, 2.05) is 12.1 Å². The maximum absolute atomic E-state index is 13.1. The van der Waals surface area contributed by atoms with E-state index in [0.717, 1.165) is 16.7 Å². The van der Waals surface area contributed by atoms with Gasteiger partial charge in [0.15, 0.2) is 0 Å². The van der Waals surface area contributed by atoms with Crippen LogP contribution in [-0.4, -0.2) is 16.0 Å². The molecule has 0 aliphatic carbocycles. The first-order chi connectivity index (χ1) is 15.5. The number of phenols is 1. The predicted octanol–water partition coefficient (Wildman–Crippen LogP) is 5.97. The number of hydrogen-bond acceptors (Lipinski definition) is 4. The Bertz CT molecular complexity index is 1230. The molecule has 0 bridgehead atoms. The van der Waals surface area contributed by atoms with Crippen molar-refractivity contribution < 1.29 is 19.0 Å². The van der Waals surface area contributed by atoms with E-state index in [1.54, 1.807) is 42.5 Å². The van der Waals surface area contributed by atoms with Crippen LogP contribution in [0.2, 0.25) is 5.02 Å². The van der Waals surface area contributed by atoms with Crippen LogP contribution < -0.4 is 10.1 Å². The molecule has 0 fully saturated rings. The highest BCUT2D eigenvalue weighted by molar-refractivity contribution is 6.31. The maximum Gasteiger partial charge on any atom is 0.253 e. The summed E-state index contributed by atoms with van der Waals surface area (Å²) in [6.07, 6.45) is 1.42. The highest BCUT2D eigenvalue weighted by Crippen LogP contribution is 2.26. The standard InChI is InChI=1S/C25H18ClFN2O3/c26-23-13-17(16-3-6-20(27)7-4-16)1-2-18(23)14-29-25(31)19-5-12-24(28-15-19)32-22-10-8-21(30)9-11-22/h1-13,15,30H,14H2,(H,29,31). The minimum Gasteiger partial charge on any atom is -0.508 e. The van der Waals surface area contributed by atoms with Crippen molar-refractivity contribution in [1.29, 1.82) is 0 Å². The molecule has 32 heavy (non-hydrogen) atoms. The fourth-order valence-corrected chi connectivity index (χ4v) is 3.25. The molecule has 0 atom stereocenters. The van der Waals surface area contributed by atoms with Crippen molar-refractivity contribution in [2.75, 3.05) is 0 Å². The van der Waals surface area contributed by atoms with Crippen LogP contribution in [-0.2, 0) is 6.54 Å². The Balaban J connectivity index is 1.36. The number of aromatic nitrogens is 1. The van der Waals surface area contributed by atoms with E-state index in [2.05, 4.69) is 10.3 Å². The minimum absolute atomic E-state index is 0.141. The summed E-state index contributed by atoms with van der Waals surface area (Å²) in [6, 6.07) is 21.1. The number of nitrogens with one attached hydrogen (secondary N) is 1. The molecule has 1 heterocycles. The number of pyridine rings is 1. The first-order valence-corrected chi connectivity index (χ1v) is 10.1. The number of nitrogens with zero attached hydrogens (tertiary/aromatic N) is 1. The zero-order chi connectivity index (χ0) is 22.5. The number of carbonyl (C=O) groups is 1. The van der Waals surface area contributed by atoms with Crippen molar-refractivity contribution in [2.24, 2.45) is 0 Å². The van der Waals surface area contributed by atoms with E-state index >= 15 is 0 Å². The van der Waals surface area contributed by atoms with Gasteiger partial charge in [-0.2, -0.15) is 0 Å². The van der Waals surface area contributed by atoms with Crippen LogP contribution in [0.5, 0.6) is 17.4 Å². The Labute approximate surface area is 189 Å². The van der Waals surface area contributed by atoms with Gasteiger partial charge in [-0.1, -0.05) is 35.9 Å². The molecular formula is C25H18ClFN2O3. The Morgan fingerprint density at radius 2 is 1.69 bits per heavy atom. The molecule has 0 aliphatic rings. The number of rotatable bonds is 6. The van der Waals surface area contributed by atoms with Gasteiger partial charge >= 0.3 is 0 Å². The number of phenolic OH excluding ortho intramolecular Hbond substituents is 1. The van der Waals surface area contributed by atoms with Gasteiger partial charge in [-0.25, -0.2) is 9.37 Å². The summed E-state index contributed by atoms with van der Waals surface area (Å²) >= 11 is 6.38. The van der Waals surface area contributed by atoms with Gasteiger partial charge in [-0.3, -0.25) is 4.79 Å². The van der Waals surface area contributed by atoms with E-state index in [0.29, 0.717) is 22.2 Å². The van der Waals surface area contributed by atoms with Crippen LogP contribution in [0.15, 0.2) is 85.1 Å². The fraction of sp³-hybridized carbons (Fsp3) is 0.0400. The van der Waals surface area contributed by atoms with E-state index in [9.17, 15) is 14.3 Å². The second kappa shape index (κ2) is 9.49. The lowest BCUT2D eigenvalue weighted by Gasteiger charge is -2.10. The molecule has 1 amide bonds. The topological polar surface area (TPSA) is 71.5 Å². The summed E-state index contributed by atoms with van der Waals surface area (Å²) in [7, 11) is 0.